The number of urea groups is 1. The summed E-state index contributed by atoms with van der Waals surface area (Å²) in [6.45, 7) is 0. The third-order valence-electron chi connectivity index (χ3n) is 2.95. The summed E-state index contributed by atoms with van der Waals surface area (Å²) >= 11 is 3.44. The van der Waals surface area contributed by atoms with Crippen molar-refractivity contribution in [2.75, 3.05) is 11.9 Å². The van der Waals surface area contributed by atoms with E-state index in [4.69, 9.17) is 0 Å². The van der Waals surface area contributed by atoms with E-state index in [2.05, 4.69) is 21.2 Å². The Balaban J connectivity index is 2.03. The second-order valence-corrected chi connectivity index (χ2v) is 4.94. The van der Waals surface area contributed by atoms with Crippen LogP contribution in [0.3, 0.4) is 0 Å². The first kappa shape index (κ1) is 11.5. The van der Waals surface area contributed by atoms with Crippen LogP contribution in [0.15, 0.2) is 28.7 Å². The molecule has 0 radical (unpaired) electrons. The Kier molecular flexibility index (Phi) is 3.49. The molecule has 0 spiro atoms. The van der Waals surface area contributed by atoms with Gasteiger partial charge < -0.3 is 5.32 Å². The van der Waals surface area contributed by atoms with Gasteiger partial charge in [0.2, 0.25) is 0 Å². The molecule has 86 valence electrons. The van der Waals surface area contributed by atoms with Crippen LogP contribution in [0.2, 0.25) is 0 Å². The molecule has 1 aromatic carbocycles. The Morgan fingerprint density at radius 1 is 1.44 bits per heavy atom. The lowest BCUT2D eigenvalue weighted by atomic mass is 9.93. The van der Waals surface area contributed by atoms with Gasteiger partial charge in [0.05, 0.1) is 5.69 Å². The van der Waals surface area contributed by atoms with Gasteiger partial charge in [-0.25, -0.2) is 4.79 Å². The van der Waals surface area contributed by atoms with E-state index >= 15 is 0 Å². The quantitative estimate of drug-likeness (QED) is 0.888. The van der Waals surface area contributed by atoms with Crippen molar-refractivity contribution in [3.63, 3.8) is 0 Å². The number of para-hydroxylation sites is 1. The summed E-state index contributed by atoms with van der Waals surface area (Å²) in [6.07, 6.45) is 3.44. The van der Waals surface area contributed by atoms with Gasteiger partial charge >= 0.3 is 6.03 Å². The standard InChI is InChI=1S/C12H15BrN2O/c1-15(11-8-3-2-7-10(11)13)12(16)14-9-5-4-6-9/h2-3,7-9H,4-6H2,1H3,(H,14,16). The SMILES string of the molecule is CN(C(=O)NC1CCC1)c1ccccc1Br. The summed E-state index contributed by atoms with van der Waals surface area (Å²) in [4.78, 5) is 13.5. The van der Waals surface area contributed by atoms with Crippen molar-refractivity contribution in [3.8, 4) is 0 Å². The molecule has 1 saturated carbocycles. The molecule has 0 atom stereocenters. The molecule has 0 bridgehead atoms. The van der Waals surface area contributed by atoms with Crippen LogP contribution >= 0.6 is 15.9 Å². The number of benzene rings is 1. The van der Waals surface area contributed by atoms with E-state index in [9.17, 15) is 4.79 Å². The lowest BCUT2D eigenvalue weighted by Crippen LogP contribution is -2.46. The van der Waals surface area contributed by atoms with E-state index in [0.29, 0.717) is 6.04 Å². The summed E-state index contributed by atoms with van der Waals surface area (Å²) in [5.74, 6) is 0. The highest BCUT2D eigenvalue weighted by Gasteiger charge is 2.22. The second-order valence-electron chi connectivity index (χ2n) is 4.09. The normalized spacial score (nSPS) is 15.4. The smallest absolute Gasteiger partial charge is 0.321 e. The number of anilines is 1. The summed E-state index contributed by atoms with van der Waals surface area (Å²) in [5.41, 5.74) is 0.888. The Morgan fingerprint density at radius 2 is 2.12 bits per heavy atom. The Morgan fingerprint density at radius 3 is 2.69 bits per heavy atom. The molecule has 16 heavy (non-hydrogen) atoms. The van der Waals surface area contributed by atoms with Crippen molar-refractivity contribution in [3.05, 3.63) is 28.7 Å². The van der Waals surface area contributed by atoms with Crippen LogP contribution in [0.4, 0.5) is 10.5 Å². The van der Waals surface area contributed by atoms with Crippen LogP contribution < -0.4 is 10.2 Å². The van der Waals surface area contributed by atoms with Gasteiger partial charge in [-0.2, -0.15) is 0 Å². The van der Waals surface area contributed by atoms with Gasteiger partial charge in [-0.3, -0.25) is 4.90 Å². The number of amides is 2. The van der Waals surface area contributed by atoms with Crippen LogP contribution in [-0.4, -0.2) is 19.1 Å². The molecule has 0 saturated heterocycles. The maximum absolute atomic E-state index is 11.9. The number of hydrogen-bond acceptors (Lipinski definition) is 1. The number of hydrogen-bond donors (Lipinski definition) is 1. The number of carbonyl (C=O) groups excluding carboxylic acids is 1. The average molecular weight is 283 g/mol. The van der Waals surface area contributed by atoms with Crippen LogP contribution in [0.1, 0.15) is 19.3 Å². The van der Waals surface area contributed by atoms with Crippen molar-refractivity contribution in [2.24, 2.45) is 0 Å². The maximum Gasteiger partial charge on any atom is 0.321 e. The predicted octanol–water partition coefficient (Wildman–Crippen LogP) is 3.15. The van der Waals surface area contributed by atoms with Gasteiger partial charge in [0.15, 0.2) is 0 Å². The van der Waals surface area contributed by atoms with Crippen LogP contribution in [-0.2, 0) is 0 Å². The third kappa shape index (κ3) is 2.38. The summed E-state index contributed by atoms with van der Waals surface area (Å²) in [7, 11) is 1.79. The van der Waals surface area contributed by atoms with Crippen LogP contribution in [0, 0.1) is 0 Å². The topological polar surface area (TPSA) is 32.3 Å². The molecule has 1 aromatic rings. The predicted molar refractivity (Wildman–Crippen MR) is 68.7 cm³/mol. The monoisotopic (exact) mass is 282 g/mol. The number of carbonyl (C=O) groups is 1. The van der Waals surface area contributed by atoms with Crippen molar-refractivity contribution >= 4 is 27.6 Å². The van der Waals surface area contributed by atoms with Gasteiger partial charge in [-0.15, -0.1) is 0 Å². The lowest BCUT2D eigenvalue weighted by Gasteiger charge is -2.29. The summed E-state index contributed by atoms with van der Waals surface area (Å²) in [5, 5.41) is 3.01. The van der Waals surface area contributed by atoms with Crippen molar-refractivity contribution in [1.29, 1.82) is 0 Å². The molecule has 2 rings (SSSR count). The molecular formula is C12H15BrN2O. The molecule has 0 unspecified atom stereocenters. The molecule has 1 N–H and O–H groups in total. The zero-order valence-corrected chi connectivity index (χ0v) is 10.8. The summed E-state index contributed by atoms with van der Waals surface area (Å²) < 4.78 is 0.932. The molecular weight excluding hydrogens is 268 g/mol. The van der Waals surface area contributed by atoms with E-state index in [0.717, 1.165) is 23.0 Å². The zero-order chi connectivity index (χ0) is 11.5. The van der Waals surface area contributed by atoms with Gasteiger partial charge in [0.1, 0.15) is 0 Å². The number of nitrogens with zero attached hydrogens (tertiary/aromatic N) is 1. The first-order valence-electron chi connectivity index (χ1n) is 5.47. The van der Waals surface area contributed by atoms with Crippen LogP contribution in [0.5, 0.6) is 0 Å². The first-order valence-corrected chi connectivity index (χ1v) is 6.26. The summed E-state index contributed by atoms with van der Waals surface area (Å²) in [6, 6.07) is 8.06. The molecule has 0 heterocycles. The fraction of sp³-hybridized carbons (Fsp3) is 0.417. The van der Waals surface area contributed by atoms with Gasteiger partial charge in [-0.05, 0) is 47.3 Å². The van der Waals surface area contributed by atoms with Gasteiger partial charge in [0.25, 0.3) is 0 Å². The highest BCUT2D eigenvalue weighted by atomic mass is 79.9. The molecule has 0 aliphatic heterocycles. The van der Waals surface area contributed by atoms with Crippen LogP contribution in [0.25, 0.3) is 0 Å². The highest BCUT2D eigenvalue weighted by Crippen LogP contribution is 2.25. The zero-order valence-electron chi connectivity index (χ0n) is 9.24. The van der Waals surface area contributed by atoms with Crippen molar-refractivity contribution < 1.29 is 4.79 Å². The molecule has 1 aliphatic carbocycles. The Bertz CT molecular complexity index is 390. The second kappa shape index (κ2) is 4.87. The minimum Gasteiger partial charge on any atom is -0.335 e. The molecule has 1 fully saturated rings. The van der Waals surface area contributed by atoms with Crippen molar-refractivity contribution in [1.82, 2.24) is 5.32 Å². The van der Waals surface area contributed by atoms with E-state index in [1.165, 1.54) is 6.42 Å². The number of nitrogens with one attached hydrogen (secondary N) is 1. The molecule has 3 nitrogen and oxygen atoms in total. The van der Waals surface area contributed by atoms with E-state index < -0.39 is 0 Å². The maximum atomic E-state index is 11.9. The fourth-order valence-electron chi connectivity index (χ4n) is 1.66. The van der Waals surface area contributed by atoms with E-state index in [1.807, 2.05) is 24.3 Å². The minimum absolute atomic E-state index is 0.0309. The highest BCUT2D eigenvalue weighted by molar-refractivity contribution is 9.10. The van der Waals surface area contributed by atoms with Gasteiger partial charge in [-0.1, -0.05) is 12.1 Å². The molecule has 1 aliphatic rings. The average Bonchev–Trinajstić information content (AvgIpc) is 2.23. The Hall–Kier alpha value is -1.03. The van der Waals surface area contributed by atoms with Crippen molar-refractivity contribution in [2.45, 2.75) is 25.3 Å². The minimum atomic E-state index is -0.0309. The number of rotatable bonds is 2. The molecule has 2 amide bonds. The van der Waals surface area contributed by atoms with E-state index in [-0.39, 0.29) is 6.03 Å². The van der Waals surface area contributed by atoms with Gasteiger partial charge in [0, 0.05) is 17.6 Å². The Labute approximate surface area is 104 Å². The third-order valence-corrected chi connectivity index (χ3v) is 3.62. The van der Waals surface area contributed by atoms with E-state index in [1.54, 1.807) is 11.9 Å². The molecule has 0 aromatic heterocycles. The lowest BCUT2D eigenvalue weighted by molar-refractivity contribution is 0.235. The number of halogens is 1. The molecule has 4 heteroatoms. The first-order chi connectivity index (χ1) is 7.68. The largest absolute Gasteiger partial charge is 0.335 e. The fourth-order valence-corrected chi connectivity index (χ4v) is 2.21.